The number of sulfonamides is 1. The Kier molecular flexibility index (Phi) is 8.16. The first-order chi connectivity index (χ1) is 18.2. The van der Waals surface area contributed by atoms with Crippen molar-refractivity contribution in [3.05, 3.63) is 98.6 Å². The Morgan fingerprint density at radius 1 is 1.00 bits per heavy atom. The van der Waals surface area contributed by atoms with Gasteiger partial charge >= 0.3 is 0 Å². The Morgan fingerprint density at radius 2 is 1.74 bits per heavy atom. The van der Waals surface area contributed by atoms with Crippen LogP contribution in [0.25, 0.3) is 10.9 Å². The Hall–Kier alpha value is -2.36. The van der Waals surface area contributed by atoms with Gasteiger partial charge in [0.05, 0.1) is 21.5 Å². The molecule has 1 aliphatic carbocycles. The molecule has 0 aliphatic heterocycles. The number of rotatable bonds is 10. The number of nitrogens with zero attached hydrogens (tertiary/aromatic N) is 2. The molecule has 198 valence electrons. The summed E-state index contributed by atoms with van der Waals surface area (Å²) in [6.07, 6.45) is 4.05. The number of carbonyl (C=O) groups is 1. The van der Waals surface area contributed by atoms with Gasteiger partial charge in [-0.05, 0) is 72.9 Å². The third-order valence-electron chi connectivity index (χ3n) is 6.70. The van der Waals surface area contributed by atoms with Crippen molar-refractivity contribution in [2.45, 2.75) is 36.7 Å². The van der Waals surface area contributed by atoms with E-state index < -0.39 is 10.0 Å². The molecule has 1 amide bonds. The number of fused-ring (bicyclic) bond motifs is 1. The molecule has 1 fully saturated rings. The number of amides is 1. The minimum atomic E-state index is -3.83. The molecule has 1 saturated carbocycles. The van der Waals surface area contributed by atoms with Gasteiger partial charge in [0.1, 0.15) is 0 Å². The molecule has 1 N–H and O–H groups in total. The number of carbonyl (C=O) groups excluding carboxylic acids is 1. The summed E-state index contributed by atoms with van der Waals surface area (Å²) < 4.78 is 29.2. The summed E-state index contributed by atoms with van der Waals surface area (Å²) in [6.45, 7) is 0.477. The van der Waals surface area contributed by atoms with Crippen molar-refractivity contribution in [1.29, 1.82) is 0 Å². The molecule has 0 saturated heterocycles. The van der Waals surface area contributed by atoms with Crippen molar-refractivity contribution in [1.82, 2.24) is 14.2 Å². The van der Waals surface area contributed by atoms with Crippen LogP contribution in [-0.4, -0.2) is 47.6 Å². The summed E-state index contributed by atoms with van der Waals surface area (Å²) in [7, 11) is -3.83. The van der Waals surface area contributed by atoms with Gasteiger partial charge in [-0.2, -0.15) is 4.31 Å². The summed E-state index contributed by atoms with van der Waals surface area (Å²) in [4.78, 5) is 18.9. The lowest BCUT2D eigenvalue weighted by Gasteiger charge is -2.27. The maximum atomic E-state index is 13.7. The highest BCUT2D eigenvalue weighted by atomic mass is 79.9. The molecule has 0 atom stereocenters. The van der Waals surface area contributed by atoms with E-state index >= 15 is 0 Å². The summed E-state index contributed by atoms with van der Waals surface area (Å²) >= 11 is 15.7. The van der Waals surface area contributed by atoms with Crippen LogP contribution in [0.4, 0.5) is 0 Å². The van der Waals surface area contributed by atoms with Crippen LogP contribution in [0.1, 0.15) is 24.0 Å². The normalized spacial score (nSPS) is 13.8. The summed E-state index contributed by atoms with van der Waals surface area (Å²) in [5.74, 6) is -0.261. The maximum absolute atomic E-state index is 13.7. The summed E-state index contributed by atoms with van der Waals surface area (Å²) in [5.41, 5.74) is 2.94. The molecule has 1 aromatic heterocycles. The largest absolute Gasteiger partial charge is 0.361 e. The van der Waals surface area contributed by atoms with Crippen molar-refractivity contribution in [3.63, 3.8) is 0 Å². The van der Waals surface area contributed by atoms with E-state index in [1.165, 1.54) is 4.31 Å². The van der Waals surface area contributed by atoms with Crippen molar-refractivity contribution in [2.75, 3.05) is 13.1 Å². The molecule has 1 heterocycles. The summed E-state index contributed by atoms with van der Waals surface area (Å²) in [6, 6.07) is 19.6. The minimum Gasteiger partial charge on any atom is -0.361 e. The van der Waals surface area contributed by atoms with Gasteiger partial charge in [-0.1, -0.05) is 63.4 Å². The van der Waals surface area contributed by atoms with Gasteiger partial charge in [-0.25, -0.2) is 8.42 Å². The van der Waals surface area contributed by atoms with Gasteiger partial charge in [0, 0.05) is 40.7 Å². The first-order valence-electron chi connectivity index (χ1n) is 12.3. The molecule has 5 rings (SSSR count). The zero-order valence-electron chi connectivity index (χ0n) is 20.4. The number of hydrogen-bond acceptors (Lipinski definition) is 3. The van der Waals surface area contributed by atoms with Crippen molar-refractivity contribution in [3.8, 4) is 0 Å². The summed E-state index contributed by atoms with van der Waals surface area (Å²) in [5, 5.41) is 1.95. The van der Waals surface area contributed by atoms with Gasteiger partial charge in [0.2, 0.25) is 15.9 Å². The van der Waals surface area contributed by atoms with Crippen LogP contribution in [0.3, 0.4) is 0 Å². The van der Waals surface area contributed by atoms with Crippen LogP contribution in [0.15, 0.2) is 82.3 Å². The number of H-pyrrole nitrogens is 1. The molecule has 6 nitrogen and oxygen atoms in total. The highest BCUT2D eigenvalue weighted by Crippen LogP contribution is 2.33. The van der Waals surface area contributed by atoms with Crippen LogP contribution in [-0.2, 0) is 27.8 Å². The molecule has 1 aliphatic rings. The number of benzene rings is 3. The standard InChI is InChI=1S/C28H26BrCl2N3O3S/c29-21-6-10-23(11-7-21)38(36,37)34(22-8-9-22)18-28(35)33(17-19-5-12-25(30)26(31)15-19)14-13-20-16-32-27-4-2-1-3-24(20)27/h1-7,10-12,15-16,22,32H,8-9,13-14,17-18H2. The van der Waals surface area contributed by atoms with E-state index in [2.05, 4.69) is 20.9 Å². The zero-order chi connectivity index (χ0) is 26.9. The van der Waals surface area contributed by atoms with E-state index in [9.17, 15) is 13.2 Å². The van der Waals surface area contributed by atoms with Crippen molar-refractivity contribution in [2.24, 2.45) is 0 Å². The Morgan fingerprint density at radius 3 is 2.45 bits per heavy atom. The first-order valence-corrected chi connectivity index (χ1v) is 15.3. The fourth-order valence-corrected chi connectivity index (χ4v) is 6.71. The average molecular weight is 635 g/mol. The van der Waals surface area contributed by atoms with Crippen molar-refractivity contribution < 1.29 is 13.2 Å². The van der Waals surface area contributed by atoms with Gasteiger partial charge < -0.3 is 9.88 Å². The maximum Gasteiger partial charge on any atom is 0.243 e. The molecule has 0 bridgehead atoms. The number of aromatic amines is 1. The molecule has 3 aromatic carbocycles. The number of nitrogens with one attached hydrogen (secondary N) is 1. The molecule has 10 heteroatoms. The lowest BCUT2D eigenvalue weighted by Crippen LogP contribution is -2.44. The molecule has 0 spiro atoms. The number of aromatic nitrogens is 1. The minimum absolute atomic E-state index is 0.173. The van der Waals surface area contributed by atoms with E-state index in [-0.39, 0.29) is 29.9 Å². The van der Waals surface area contributed by atoms with E-state index in [1.54, 1.807) is 41.3 Å². The molecule has 4 aromatic rings. The number of para-hydroxylation sites is 1. The molecule has 38 heavy (non-hydrogen) atoms. The second-order valence-electron chi connectivity index (χ2n) is 9.41. The predicted molar refractivity (Wildman–Crippen MR) is 155 cm³/mol. The van der Waals surface area contributed by atoms with Gasteiger partial charge in [0.25, 0.3) is 0 Å². The van der Waals surface area contributed by atoms with E-state index in [4.69, 9.17) is 23.2 Å². The Balaban J connectivity index is 1.40. The smallest absolute Gasteiger partial charge is 0.243 e. The van der Waals surface area contributed by atoms with E-state index in [1.807, 2.05) is 36.5 Å². The lowest BCUT2D eigenvalue weighted by atomic mass is 10.1. The third-order valence-corrected chi connectivity index (χ3v) is 9.88. The lowest BCUT2D eigenvalue weighted by molar-refractivity contribution is -0.132. The number of halogens is 3. The van der Waals surface area contributed by atoms with Gasteiger partial charge in [-0.3, -0.25) is 4.79 Å². The van der Waals surface area contributed by atoms with E-state index in [0.717, 1.165) is 39.3 Å². The number of hydrogen-bond donors (Lipinski definition) is 1. The molecular weight excluding hydrogens is 609 g/mol. The Bertz CT molecular complexity index is 1570. The van der Waals surface area contributed by atoms with Crippen LogP contribution in [0.2, 0.25) is 10.0 Å². The van der Waals surface area contributed by atoms with Gasteiger partial charge in [0.15, 0.2) is 0 Å². The molecule has 0 radical (unpaired) electrons. The third kappa shape index (κ3) is 6.10. The van der Waals surface area contributed by atoms with Crippen LogP contribution in [0.5, 0.6) is 0 Å². The topological polar surface area (TPSA) is 73.5 Å². The second-order valence-corrected chi connectivity index (χ2v) is 13.0. The first kappa shape index (κ1) is 27.2. The quantitative estimate of drug-likeness (QED) is 0.212. The van der Waals surface area contributed by atoms with Crippen molar-refractivity contribution >= 4 is 66.0 Å². The average Bonchev–Trinajstić information content (AvgIpc) is 3.66. The van der Waals surface area contributed by atoms with Crippen LogP contribution in [0, 0.1) is 0 Å². The van der Waals surface area contributed by atoms with Crippen LogP contribution >= 0.6 is 39.1 Å². The monoisotopic (exact) mass is 633 g/mol. The second kappa shape index (κ2) is 11.4. The zero-order valence-corrected chi connectivity index (χ0v) is 24.3. The fraction of sp³-hybridized carbons (Fsp3) is 0.250. The molecule has 0 unspecified atom stereocenters. The molecular formula is C28H26BrCl2N3O3S. The Labute approximate surface area is 240 Å². The highest BCUT2D eigenvalue weighted by Gasteiger charge is 2.40. The highest BCUT2D eigenvalue weighted by molar-refractivity contribution is 9.10. The predicted octanol–water partition coefficient (Wildman–Crippen LogP) is 6.66. The van der Waals surface area contributed by atoms with Crippen LogP contribution < -0.4 is 0 Å². The van der Waals surface area contributed by atoms with Gasteiger partial charge in [-0.15, -0.1) is 0 Å². The SMILES string of the molecule is O=C(CN(C1CC1)S(=O)(=O)c1ccc(Br)cc1)N(CCc1c[nH]c2ccccc12)Cc1ccc(Cl)c(Cl)c1. The fourth-order valence-electron chi connectivity index (χ4n) is 4.49. The van der Waals surface area contributed by atoms with E-state index in [0.29, 0.717) is 23.0 Å².